The average molecular weight is 377 g/mol. The van der Waals surface area contributed by atoms with E-state index in [-0.39, 0.29) is 5.91 Å². The van der Waals surface area contributed by atoms with Crippen LogP contribution in [0.5, 0.6) is 11.5 Å². The fourth-order valence-electron chi connectivity index (χ4n) is 3.03. The van der Waals surface area contributed by atoms with Crippen LogP contribution in [0.1, 0.15) is 24.5 Å². The molecule has 0 bridgehead atoms. The Kier molecular flexibility index (Phi) is 6.53. The first kappa shape index (κ1) is 19.7. The highest BCUT2D eigenvalue weighted by Crippen LogP contribution is 2.26. The molecule has 3 aromatic carbocycles. The van der Waals surface area contributed by atoms with Crippen LogP contribution in [-0.4, -0.2) is 25.2 Å². The molecule has 0 fully saturated rings. The summed E-state index contributed by atoms with van der Waals surface area (Å²) in [6.45, 7) is 6.92. The van der Waals surface area contributed by atoms with E-state index < -0.39 is 6.10 Å². The van der Waals surface area contributed by atoms with E-state index in [2.05, 4.69) is 19.2 Å². The van der Waals surface area contributed by atoms with Gasteiger partial charge in [0.1, 0.15) is 18.1 Å². The molecular weight excluding hydrogens is 350 g/mol. The summed E-state index contributed by atoms with van der Waals surface area (Å²) >= 11 is 0. The lowest BCUT2D eigenvalue weighted by molar-refractivity contribution is -0.128. The lowest BCUT2D eigenvalue weighted by Gasteiger charge is -2.18. The van der Waals surface area contributed by atoms with Gasteiger partial charge in [-0.05, 0) is 55.0 Å². The number of rotatable bonds is 8. The predicted octanol–water partition coefficient (Wildman–Crippen LogP) is 4.81. The van der Waals surface area contributed by atoms with Gasteiger partial charge in [0, 0.05) is 5.39 Å². The van der Waals surface area contributed by atoms with Crippen LogP contribution in [0.3, 0.4) is 0 Å². The van der Waals surface area contributed by atoms with Crippen molar-refractivity contribution in [1.82, 2.24) is 5.32 Å². The Morgan fingerprint density at radius 1 is 1.00 bits per heavy atom. The number of carbonyl (C=O) groups is 1. The minimum Gasteiger partial charge on any atom is -0.492 e. The summed E-state index contributed by atoms with van der Waals surface area (Å²) in [5.41, 5.74) is 2.42. The van der Waals surface area contributed by atoms with E-state index in [1.54, 1.807) is 0 Å². The maximum atomic E-state index is 12.5. The number of nitrogens with one attached hydrogen (secondary N) is 1. The molecule has 0 aliphatic carbocycles. The van der Waals surface area contributed by atoms with Crippen molar-refractivity contribution in [1.29, 1.82) is 0 Å². The maximum absolute atomic E-state index is 12.5. The van der Waals surface area contributed by atoms with Crippen molar-refractivity contribution >= 4 is 16.7 Å². The Bertz CT molecular complexity index is 946. The van der Waals surface area contributed by atoms with Crippen molar-refractivity contribution in [2.45, 2.75) is 33.3 Å². The first-order valence-corrected chi connectivity index (χ1v) is 9.70. The molecule has 0 heterocycles. The lowest BCUT2D eigenvalue weighted by Crippen LogP contribution is -2.39. The van der Waals surface area contributed by atoms with Gasteiger partial charge in [-0.2, -0.15) is 0 Å². The molecule has 0 aliphatic heterocycles. The van der Waals surface area contributed by atoms with Gasteiger partial charge >= 0.3 is 0 Å². The molecule has 0 aliphatic rings. The lowest BCUT2D eigenvalue weighted by atomic mass is 10.1. The van der Waals surface area contributed by atoms with Crippen molar-refractivity contribution in [2.75, 3.05) is 13.2 Å². The van der Waals surface area contributed by atoms with Crippen molar-refractivity contribution in [2.24, 2.45) is 0 Å². The number of amides is 1. The third-order valence-electron chi connectivity index (χ3n) is 4.83. The van der Waals surface area contributed by atoms with Gasteiger partial charge in [0.25, 0.3) is 5.91 Å². The number of hydrogen-bond acceptors (Lipinski definition) is 3. The van der Waals surface area contributed by atoms with Crippen LogP contribution in [0.25, 0.3) is 10.8 Å². The smallest absolute Gasteiger partial charge is 0.261 e. The van der Waals surface area contributed by atoms with E-state index >= 15 is 0 Å². The minimum atomic E-state index is -0.535. The van der Waals surface area contributed by atoms with E-state index in [9.17, 15) is 4.79 Å². The second-order valence-corrected chi connectivity index (χ2v) is 6.88. The van der Waals surface area contributed by atoms with Crippen LogP contribution in [0.15, 0.2) is 60.7 Å². The van der Waals surface area contributed by atoms with Gasteiger partial charge in [0.05, 0.1) is 6.54 Å². The Morgan fingerprint density at radius 3 is 2.57 bits per heavy atom. The van der Waals surface area contributed by atoms with Crippen LogP contribution in [0.2, 0.25) is 0 Å². The number of hydrogen-bond donors (Lipinski definition) is 1. The monoisotopic (exact) mass is 377 g/mol. The van der Waals surface area contributed by atoms with Crippen molar-refractivity contribution in [3.8, 4) is 11.5 Å². The Balaban J connectivity index is 1.54. The third kappa shape index (κ3) is 4.83. The quantitative estimate of drug-likeness (QED) is 0.573. The van der Waals surface area contributed by atoms with Crippen LogP contribution >= 0.6 is 0 Å². The zero-order valence-electron chi connectivity index (χ0n) is 16.7. The van der Waals surface area contributed by atoms with Crippen LogP contribution in [0.4, 0.5) is 0 Å². The highest BCUT2D eigenvalue weighted by atomic mass is 16.5. The summed E-state index contributed by atoms with van der Waals surface area (Å²) < 4.78 is 11.8. The summed E-state index contributed by atoms with van der Waals surface area (Å²) in [7, 11) is 0. The van der Waals surface area contributed by atoms with Gasteiger partial charge in [-0.15, -0.1) is 0 Å². The molecule has 0 radical (unpaired) electrons. The van der Waals surface area contributed by atoms with Gasteiger partial charge < -0.3 is 14.8 Å². The fraction of sp³-hybridized carbons (Fsp3) is 0.292. The Hall–Kier alpha value is -3.01. The summed E-state index contributed by atoms with van der Waals surface area (Å²) in [5, 5.41) is 5.01. The summed E-state index contributed by atoms with van der Waals surface area (Å²) in [6.07, 6.45) is 0.0556. The van der Waals surface area contributed by atoms with Gasteiger partial charge in [0.15, 0.2) is 6.10 Å². The highest BCUT2D eigenvalue weighted by molar-refractivity contribution is 5.89. The molecule has 1 atom stereocenters. The van der Waals surface area contributed by atoms with Gasteiger partial charge in [0.2, 0.25) is 0 Å². The number of fused-ring (bicyclic) bond motifs is 1. The number of ether oxygens (including phenoxy) is 2. The molecule has 0 spiro atoms. The average Bonchev–Trinajstić information content (AvgIpc) is 2.71. The second-order valence-electron chi connectivity index (χ2n) is 6.88. The normalized spacial score (nSPS) is 11.8. The number of carbonyl (C=O) groups excluding carboxylic acids is 1. The number of benzene rings is 3. The minimum absolute atomic E-state index is 0.126. The molecule has 0 saturated heterocycles. The molecular formula is C24H27NO3. The summed E-state index contributed by atoms with van der Waals surface area (Å²) in [6, 6.07) is 19.9. The number of aryl methyl sites for hydroxylation is 2. The van der Waals surface area contributed by atoms with E-state index in [0.29, 0.717) is 19.6 Å². The van der Waals surface area contributed by atoms with Gasteiger partial charge in [-0.25, -0.2) is 0 Å². The second kappa shape index (κ2) is 9.27. The molecule has 3 rings (SSSR count). The first-order valence-electron chi connectivity index (χ1n) is 9.70. The summed E-state index contributed by atoms with van der Waals surface area (Å²) in [5.74, 6) is 1.42. The molecule has 28 heavy (non-hydrogen) atoms. The largest absolute Gasteiger partial charge is 0.492 e. The molecule has 1 N–H and O–H groups in total. The molecule has 3 aromatic rings. The van der Waals surface area contributed by atoms with E-state index in [1.807, 2.05) is 67.6 Å². The van der Waals surface area contributed by atoms with E-state index in [1.165, 1.54) is 11.1 Å². The molecule has 0 aromatic heterocycles. The molecule has 1 unspecified atom stereocenters. The van der Waals surface area contributed by atoms with Gasteiger partial charge in [-0.1, -0.05) is 49.4 Å². The van der Waals surface area contributed by atoms with E-state index in [4.69, 9.17) is 9.47 Å². The van der Waals surface area contributed by atoms with Crippen molar-refractivity contribution in [3.63, 3.8) is 0 Å². The van der Waals surface area contributed by atoms with Crippen molar-refractivity contribution in [3.05, 3.63) is 71.8 Å². The zero-order valence-corrected chi connectivity index (χ0v) is 16.7. The molecule has 4 nitrogen and oxygen atoms in total. The molecule has 4 heteroatoms. The zero-order chi connectivity index (χ0) is 19.9. The fourth-order valence-corrected chi connectivity index (χ4v) is 3.03. The van der Waals surface area contributed by atoms with Gasteiger partial charge in [-0.3, -0.25) is 4.79 Å². The molecule has 0 saturated carbocycles. The predicted molar refractivity (Wildman–Crippen MR) is 113 cm³/mol. The SMILES string of the molecule is CCC(Oc1cccc2ccccc12)C(=O)NCCOc1ccc(C)c(C)c1. The van der Waals surface area contributed by atoms with Crippen LogP contribution in [-0.2, 0) is 4.79 Å². The van der Waals surface area contributed by atoms with E-state index in [0.717, 1.165) is 22.3 Å². The Labute approximate surface area is 166 Å². The molecule has 1 amide bonds. The highest BCUT2D eigenvalue weighted by Gasteiger charge is 2.18. The summed E-state index contributed by atoms with van der Waals surface area (Å²) in [4.78, 5) is 12.5. The first-order chi connectivity index (χ1) is 13.6. The Morgan fingerprint density at radius 2 is 1.79 bits per heavy atom. The van der Waals surface area contributed by atoms with Crippen molar-refractivity contribution < 1.29 is 14.3 Å². The standard InChI is InChI=1S/C24H27NO3/c1-4-22(28-23-11-7-9-19-8-5-6-10-21(19)23)24(26)25-14-15-27-20-13-12-17(2)18(3)16-20/h5-13,16,22H,4,14-15H2,1-3H3,(H,25,26). The van der Waals surface area contributed by atoms with Crippen LogP contribution < -0.4 is 14.8 Å². The third-order valence-corrected chi connectivity index (χ3v) is 4.83. The maximum Gasteiger partial charge on any atom is 0.261 e. The topological polar surface area (TPSA) is 47.6 Å². The molecule has 146 valence electrons. The van der Waals surface area contributed by atoms with Crippen LogP contribution in [0, 0.1) is 13.8 Å².